The monoisotopic (exact) mass is 360 g/mol. The minimum absolute atomic E-state index is 0.874. The van der Waals surface area contributed by atoms with Crippen molar-refractivity contribution in [3.63, 3.8) is 0 Å². The summed E-state index contributed by atoms with van der Waals surface area (Å²) in [5, 5.41) is 7.67. The first-order valence-corrected chi connectivity index (χ1v) is 9.85. The first-order valence-electron chi connectivity index (χ1n) is 8.24. The number of nitrogens with one attached hydrogen (secondary N) is 1. The summed E-state index contributed by atoms with van der Waals surface area (Å²) in [5.41, 5.74) is 2.39. The molecule has 0 aliphatic carbocycles. The Morgan fingerprint density at radius 2 is 1.83 bits per heavy atom. The largest absolute Gasteiger partial charge is 0.328 e. The third-order valence-electron chi connectivity index (χ3n) is 4.33. The van der Waals surface area contributed by atoms with Gasteiger partial charge in [-0.15, -0.1) is 11.8 Å². The van der Waals surface area contributed by atoms with Crippen molar-refractivity contribution in [3.8, 4) is 0 Å². The molecule has 0 saturated carbocycles. The number of thioether (sulfide) groups is 1. The molecule has 3 rings (SSSR count). The van der Waals surface area contributed by atoms with Crippen molar-refractivity contribution in [2.45, 2.75) is 11.4 Å². The lowest BCUT2D eigenvalue weighted by Crippen LogP contribution is -3.13. The van der Waals surface area contributed by atoms with Crippen LogP contribution in [-0.2, 0) is 6.54 Å². The number of rotatable bonds is 5. The van der Waals surface area contributed by atoms with Gasteiger partial charge in [0.2, 0.25) is 0 Å². The Morgan fingerprint density at radius 3 is 2.50 bits per heavy atom. The highest BCUT2D eigenvalue weighted by Gasteiger charge is 2.19. The van der Waals surface area contributed by atoms with Crippen LogP contribution in [0.25, 0.3) is 0 Å². The Balaban J connectivity index is 1.49. The van der Waals surface area contributed by atoms with E-state index in [1.165, 1.54) is 10.5 Å². The van der Waals surface area contributed by atoms with E-state index in [0.717, 1.165) is 43.3 Å². The van der Waals surface area contributed by atoms with E-state index in [2.05, 4.69) is 52.8 Å². The zero-order valence-electron chi connectivity index (χ0n) is 13.9. The highest BCUT2D eigenvalue weighted by Crippen LogP contribution is 2.14. The van der Waals surface area contributed by atoms with Gasteiger partial charge in [-0.25, -0.2) is 0 Å². The standard InChI is InChI=1S/C19H22ClN3S/c1-24-18-8-6-16(7-9-18)14-21-23-12-10-22(11-13-23)15-17-4-2-3-5-19(17)20/h2-9,14H,10-13,15H2,1H3/p+1/b21-14-. The average Bonchev–Trinajstić information content (AvgIpc) is 2.63. The average molecular weight is 361 g/mol. The van der Waals surface area contributed by atoms with E-state index in [4.69, 9.17) is 11.6 Å². The Kier molecular flexibility index (Phi) is 6.18. The maximum absolute atomic E-state index is 6.26. The molecule has 2 aromatic carbocycles. The maximum atomic E-state index is 6.26. The number of halogens is 1. The molecule has 2 aromatic rings. The second-order valence-corrected chi connectivity index (χ2v) is 7.28. The summed E-state index contributed by atoms with van der Waals surface area (Å²) in [6.45, 7) is 5.15. The molecule has 1 aliphatic heterocycles. The van der Waals surface area contributed by atoms with E-state index < -0.39 is 0 Å². The van der Waals surface area contributed by atoms with Gasteiger partial charge in [0.1, 0.15) is 6.54 Å². The minimum atomic E-state index is 0.874. The van der Waals surface area contributed by atoms with Crippen LogP contribution in [0.1, 0.15) is 11.1 Å². The summed E-state index contributed by atoms with van der Waals surface area (Å²) in [4.78, 5) is 2.85. The van der Waals surface area contributed by atoms with Gasteiger partial charge in [-0.1, -0.05) is 41.9 Å². The van der Waals surface area contributed by atoms with Crippen LogP contribution in [0.2, 0.25) is 5.02 Å². The fourth-order valence-electron chi connectivity index (χ4n) is 2.85. The van der Waals surface area contributed by atoms with Gasteiger partial charge >= 0.3 is 0 Å². The fraction of sp³-hybridized carbons (Fsp3) is 0.316. The lowest BCUT2D eigenvalue weighted by atomic mass is 10.2. The predicted molar refractivity (Wildman–Crippen MR) is 103 cm³/mol. The van der Waals surface area contributed by atoms with Gasteiger partial charge in [0.25, 0.3) is 0 Å². The summed E-state index contributed by atoms with van der Waals surface area (Å²) >= 11 is 8.02. The van der Waals surface area contributed by atoms with Crippen molar-refractivity contribution in [1.82, 2.24) is 5.01 Å². The second kappa shape index (κ2) is 8.56. The first kappa shape index (κ1) is 17.3. The van der Waals surface area contributed by atoms with Gasteiger partial charge in [-0.3, -0.25) is 5.01 Å². The number of benzene rings is 2. The Labute approximate surface area is 153 Å². The molecule has 0 aromatic heterocycles. The van der Waals surface area contributed by atoms with Crippen molar-refractivity contribution in [2.75, 3.05) is 32.4 Å². The van der Waals surface area contributed by atoms with Crippen LogP contribution >= 0.6 is 23.4 Å². The number of hydrazone groups is 1. The molecule has 0 spiro atoms. The van der Waals surface area contributed by atoms with Crippen LogP contribution in [0.4, 0.5) is 0 Å². The number of piperazine rings is 1. The molecule has 1 fully saturated rings. The van der Waals surface area contributed by atoms with E-state index >= 15 is 0 Å². The van der Waals surface area contributed by atoms with Gasteiger partial charge in [-0.2, -0.15) is 5.10 Å². The Bertz CT molecular complexity index is 679. The summed E-state index contributed by atoms with van der Waals surface area (Å²) in [6, 6.07) is 16.7. The number of hydrogen-bond acceptors (Lipinski definition) is 3. The summed E-state index contributed by atoms with van der Waals surface area (Å²) in [7, 11) is 0. The van der Waals surface area contributed by atoms with E-state index in [9.17, 15) is 0 Å². The summed E-state index contributed by atoms with van der Waals surface area (Å²) in [6.07, 6.45) is 4.05. The van der Waals surface area contributed by atoms with Gasteiger partial charge < -0.3 is 4.90 Å². The molecule has 1 aliphatic rings. The van der Waals surface area contributed by atoms with Crippen LogP contribution in [0.15, 0.2) is 58.5 Å². The highest BCUT2D eigenvalue weighted by molar-refractivity contribution is 7.98. The lowest BCUT2D eigenvalue weighted by molar-refractivity contribution is -0.918. The van der Waals surface area contributed by atoms with Crippen molar-refractivity contribution >= 4 is 29.6 Å². The summed E-state index contributed by atoms with van der Waals surface area (Å²) < 4.78 is 0. The van der Waals surface area contributed by atoms with Crippen LogP contribution in [0.5, 0.6) is 0 Å². The first-order chi connectivity index (χ1) is 11.7. The third kappa shape index (κ3) is 4.76. The number of hydrogen-bond donors (Lipinski definition) is 1. The molecule has 0 amide bonds. The molecule has 24 heavy (non-hydrogen) atoms. The van der Waals surface area contributed by atoms with Crippen LogP contribution in [0.3, 0.4) is 0 Å². The topological polar surface area (TPSA) is 20.0 Å². The molecule has 3 nitrogen and oxygen atoms in total. The zero-order chi connectivity index (χ0) is 16.8. The Morgan fingerprint density at radius 1 is 1.12 bits per heavy atom. The fourth-order valence-corrected chi connectivity index (χ4v) is 3.46. The Hall–Kier alpha value is -1.49. The summed E-state index contributed by atoms with van der Waals surface area (Å²) in [5.74, 6) is 0. The second-order valence-electron chi connectivity index (χ2n) is 5.99. The molecule has 0 unspecified atom stereocenters. The van der Waals surface area contributed by atoms with E-state index in [1.54, 1.807) is 16.7 Å². The normalized spacial score (nSPS) is 16.0. The van der Waals surface area contributed by atoms with Gasteiger partial charge in [0.05, 0.1) is 32.4 Å². The van der Waals surface area contributed by atoms with Crippen molar-refractivity contribution in [3.05, 3.63) is 64.7 Å². The maximum Gasteiger partial charge on any atom is 0.104 e. The number of quaternary nitrogens is 1. The molecule has 0 radical (unpaired) electrons. The van der Waals surface area contributed by atoms with Crippen LogP contribution < -0.4 is 4.90 Å². The van der Waals surface area contributed by atoms with Crippen molar-refractivity contribution < 1.29 is 4.90 Å². The number of nitrogens with zero attached hydrogens (tertiary/aromatic N) is 2. The molecular weight excluding hydrogens is 338 g/mol. The van der Waals surface area contributed by atoms with Gasteiger partial charge in [-0.05, 0) is 30.0 Å². The molecule has 0 atom stereocenters. The SMILES string of the molecule is CSc1ccc(/C=N\N2CC[NH+](Cc3ccccc3Cl)CC2)cc1. The van der Waals surface area contributed by atoms with E-state index in [-0.39, 0.29) is 0 Å². The van der Waals surface area contributed by atoms with Crippen molar-refractivity contribution in [2.24, 2.45) is 5.10 Å². The molecular formula is C19H23ClN3S+. The van der Waals surface area contributed by atoms with Gasteiger partial charge in [0, 0.05) is 15.5 Å². The molecule has 126 valence electrons. The quantitative estimate of drug-likeness (QED) is 0.653. The highest BCUT2D eigenvalue weighted by atomic mass is 35.5. The van der Waals surface area contributed by atoms with Gasteiger partial charge in [0.15, 0.2) is 0 Å². The molecule has 1 heterocycles. The minimum Gasteiger partial charge on any atom is -0.328 e. The van der Waals surface area contributed by atoms with Crippen LogP contribution in [0, 0.1) is 0 Å². The molecule has 1 saturated heterocycles. The van der Waals surface area contributed by atoms with Crippen molar-refractivity contribution in [1.29, 1.82) is 0 Å². The van der Waals surface area contributed by atoms with E-state index in [1.807, 2.05) is 18.3 Å². The molecule has 5 heteroatoms. The predicted octanol–water partition coefficient (Wildman–Crippen LogP) is 2.80. The molecule has 1 N–H and O–H groups in total. The van der Waals surface area contributed by atoms with E-state index in [0.29, 0.717) is 0 Å². The third-order valence-corrected chi connectivity index (χ3v) is 5.44. The smallest absolute Gasteiger partial charge is 0.104 e. The zero-order valence-corrected chi connectivity index (χ0v) is 15.5. The lowest BCUT2D eigenvalue weighted by Gasteiger charge is -2.30. The van der Waals surface area contributed by atoms with Crippen LogP contribution in [-0.4, -0.2) is 43.7 Å². The molecule has 0 bridgehead atoms.